The zero-order chi connectivity index (χ0) is 24.1. The summed E-state index contributed by atoms with van der Waals surface area (Å²) in [6.45, 7) is 10.8. The van der Waals surface area contributed by atoms with E-state index in [1.807, 2.05) is 12.1 Å². The molecule has 33 heavy (non-hydrogen) atoms. The van der Waals surface area contributed by atoms with E-state index in [9.17, 15) is 14.0 Å². The maximum absolute atomic E-state index is 13.4. The van der Waals surface area contributed by atoms with Gasteiger partial charge in [0, 0.05) is 49.3 Å². The lowest BCUT2D eigenvalue weighted by Gasteiger charge is -2.37. The molecule has 1 fully saturated rings. The van der Waals surface area contributed by atoms with Gasteiger partial charge in [0.05, 0.1) is 5.03 Å². The van der Waals surface area contributed by atoms with Crippen LogP contribution in [0.3, 0.4) is 0 Å². The molecule has 0 bridgehead atoms. The largest absolute Gasteiger partial charge is 0.352 e. The lowest BCUT2D eigenvalue weighted by atomic mass is 9.95. The van der Waals surface area contributed by atoms with Crippen LogP contribution in [0.4, 0.5) is 4.39 Å². The fraction of sp³-hybridized carbons (Fsp3) is 0.538. The van der Waals surface area contributed by atoms with Crippen LogP contribution in [0, 0.1) is 12.8 Å². The highest BCUT2D eigenvalue weighted by atomic mass is 35.5. The molecule has 1 aromatic rings. The van der Waals surface area contributed by atoms with Crippen molar-refractivity contribution in [2.45, 2.75) is 65.5 Å². The summed E-state index contributed by atoms with van der Waals surface area (Å²) in [5.41, 5.74) is 3.56. The SMILES string of the molecule is Cc1cc(C(=O)NCC(C)C)ccc1C(C)N1CCC(NC(=O)C2=CC(Cl)=C(F)CC2)CC1. The molecule has 5 nitrogen and oxygen atoms in total. The minimum absolute atomic E-state index is 0.0323. The summed E-state index contributed by atoms with van der Waals surface area (Å²) in [4.78, 5) is 27.3. The number of halogens is 2. The molecule has 1 aromatic carbocycles. The van der Waals surface area contributed by atoms with Gasteiger partial charge in [0.1, 0.15) is 5.83 Å². The third-order valence-electron chi connectivity index (χ3n) is 6.53. The van der Waals surface area contributed by atoms with E-state index in [2.05, 4.69) is 49.3 Å². The van der Waals surface area contributed by atoms with Crippen molar-refractivity contribution in [3.8, 4) is 0 Å². The van der Waals surface area contributed by atoms with Gasteiger partial charge in [0.2, 0.25) is 5.91 Å². The van der Waals surface area contributed by atoms with Crippen LogP contribution in [0.25, 0.3) is 0 Å². The Hall–Kier alpha value is -2.18. The van der Waals surface area contributed by atoms with E-state index >= 15 is 0 Å². The predicted molar refractivity (Wildman–Crippen MR) is 131 cm³/mol. The molecular weight excluding hydrogens is 441 g/mol. The number of benzene rings is 1. The number of aryl methyl sites for hydroxylation is 1. The smallest absolute Gasteiger partial charge is 0.251 e. The Morgan fingerprint density at radius 3 is 2.45 bits per heavy atom. The minimum Gasteiger partial charge on any atom is -0.352 e. The summed E-state index contributed by atoms with van der Waals surface area (Å²) >= 11 is 5.85. The average Bonchev–Trinajstić information content (AvgIpc) is 2.79. The minimum atomic E-state index is -0.352. The van der Waals surface area contributed by atoms with Crippen molar-refractivity contribution in [1.82, 2.24) is 15.5 Å². The number of carbonyl (C=O) groups excluding carboxylic acids is 2. The first-order chi connectivity index (χ1) is 15.7. The van der Waals surface area contributed by atoms with Gasteiger partial charge in [-0.25, -0.2) is 4.39 Å². The number of nitrogens with one attached hydrogen (secondary N) is 2. The summed E-state index contributed by atoms with van der Waals surface area (Å²) in [5.74, 6) is -0.112. The summed E-state index contributed by atoms with van der Waals surface area (Å²) in [5, 5.41) is 6.10. The Morgan fingerprint density at radius 1 is 1.15 bits per heavy atom. The highest BCUT2D eigenvalue weighted by Gasteiger charge is 2.27. The van der Waals surface area contributed by atoms with Crippen molar-refractivity contribution in [2.75, 3.05) is 19.6 Å². The normalized spacial score (nSPS) is 18.8. The first-order valence-corrected chi connectivity index (χ1v) is 12.2. The van der Waals surface area contributed by atoms with Crippen molar-refractivity contribution in [2.24, 2.45) is 5.92 Å². The van der Waals surface area contributed by atoms with Gasteiger partial charge in [-0.3, -0.25) is 14.5 Å². The highest BCUT2D eigenvalue weighted by molar-refractivity contribution is 6.32. The van der Waals surface area contributed by atoms with E-state index in [-0.39, 0.29) is 41.2 Å². The maximum atomic E-state index is 13.4. The second-order valence-electron chi connectivity index (χ2n) is 9.56. The van der Waals surface area contributed by atoms with Gasteiger partial charge in [0.25, 0.3) is 5.91 Å². The molecule has 7 heteroatoms. The second-order valence-corrected chi connectivity index (χ2v) is 9.96. The summed E-state index contributed by atoms with van der Waals surface area (Å²) in [7, 11) is 0. The Labute approximate surface area is 201 Å². The standard InChI is InChI=1S/C26H35ClFN3O2/c1-16(2)15-29-25(32)19-5-7-22(17(3)13-19)18(4)31-11-9-21(10-12-31)30-26(33)20-6-8-24(28)23(27)14-20/h5,7,13-14,16,18,21H,6,8-12,15H2,1-4H3,(H,29,32)(H,30,33). The van der Waals surface area contributed by atoms with Crippen LogP contribution in [0.15, 0.2) is 40.7 Å². The number of piperidine rings is 1. The number of rotatable bonds is 7. The molecular formula is C26H35ClFN3O2. The number of allylic oxidation sites excluding steroid dienone is 3. The number of hydrogen-bond acceptors (Lipinski definition) is 3. The molecule has 180 valence electrons. The molecule has 2 amide bonds. The molecule has 3 rings (SSSR count). The number of likely N-dealkylation sites (tertiary alicyclic amines) is 1. The van der Waals surface area contributed by atoms with E-state index < -0.39 is 0 Å². The molecule has 1 heterocycles. The van der Waals surface area contributed by atoms with Crippen LogP contribution in [-0.4, -0.2) is 42.4 Å². The van der Waals surface area contributed by atoms with E-state index in [0.29, 0.717) is 30.0 Å². The zero-order valence-corrected chi connectivity index (χ0v) is 20.8. The monoisotopic (exact) mass is 475 g/mol. The van der Waals surface area contributed by atoms with Crippen molar-refractivity contribution < 1.29 is 14.0 Å². The topological polar surface area (TPSA) is 61.4 Å². The van der Waals surface area contributed by atoms with Crippen molar-refractivity contribution in [1.29, 1.82) is 0 Å². The second kappa shape index (κ2) is 11.3. The van der Waals surface area contributed by atoms with Crippen LogP contribution in [-0.2, 0) is 4.79 Å². The Bertz CT molecular complexity index is 949. The molecule has 2 aliphatic rings. The molecule has 1 atom stereocenters. The summed E-state index contributed by atoms with van der Waals surface area (Å²) in [6, 6.07) is 6.26. The van der Waals surface area contributed by atoms with Gasteiger partial charge in [0.15, 0.2) is 0 Å². The van der Waals surface area contributed by atoms with Crippen molar-refractivity contribution >= 4 is 23.4 Å². The lowest BCUT2D eigenvalue weighted by Crippen LogP contribution is -2.45. The fourth-order valence-corrected chi connectivity index (χ4v) is 4.66. The third-order valence-corrected chi connectivity index (χ3v) is 6.85. The van der Waals surface area contributed by atoms with Gasteiger partial charge >= 0.3 is 0 Å². The first kappa shape index (κ1) is 25.4. The van der Waals surface area contributed by atoms with Crippen LogP contribution in [0.5, 0.6) is 0 Å². The van der Waals surface area contributed by atoms with Gasteiger partial charge < -0.3 is 10.6 Å². The summed E-state index contributed by atoms with van der Waals surface area (Å²) < 4.78 is 13.4. The zero-order valence-electron chi connectivity index (χ0n) is 20.0. The van der Waals surface area contributed by atoms with Crippen LogP contribution < -0.4 is 10.6 Å². The third kappa shape index (κ3) is 6.67. The van der Waals surface area contributed by atoms with Gasteiger partial charge in [-0.2, -0.15) is 0 Å². The Morgan fingerprint density at radius 2 is 1.85 bits per heavy atom. The molecule has 0 radical (unpaired) electrons. The van der Waals surface area contributed by atoms with Crippen LogP contribution in [0.1, 0.15) is 74.0 Å². The predicted octanol–water partition coefficient (Wildman–Crippen LogP) is 5.16. The van der Waals surface area contributed by atoms with E-state index in [4.69, 9.17) is 11.6 Å². The molecule has 0 saturated carbocycles. The van der Waals surface area contributed by atoms with Gasteiger partial charge in [-0.1, -0.05) is 31.5 Å². The number of nitrogens with zero attached hydrogens (tertiary/aromatic N) is 1. The summed E-state index contributed by atoms with van der Waals surface area (Å²) in [6.07, 6.45) is 3.73. The van der Waals surface area contributed by atoms with Crippen molar-refractivity contribution in [3.05, 3.63) is 57.4 Å². The van der Waals surface area contributed by atoms with E-state index in [1.165, 1.54) is 11.6 Å². The molecule has 1 aliphatic carbocycles. The average molecular weight is 476 g/mol. The van der Waals surface area contributed by atoms with Crippen LogP contribution >= 0.6 is 11.6 Å². The maximum Gasteiger partial charge on any atom is 0.251 e. The molecule has 1 saturated heterocycles. The highest BCUT2D eigenvalue weighted by Crippen LogP contribution is 2.29. The number of carbonyl (C=O) groups is 2. The molecule has 1 aliphatic heterocycles. The molecule has 1 unspecified atom stereocenters. The lowest BCUT2D eigenvalue weighted by molar-refractivity contribution is -0.118. The van der Waals surface area contributed by atoms with Gasteiger partial charge in [-0.05, 0) is 68.4 Å². The van der Waals surface area contributed by atoms with E-state index in [0.717, 1.165) is 31.5 Å². The number of amides is 2. The van der Waals surface area contributed by atoms with E-state index in [1.54, 1.807) is 0 Å². The quantitative estimate of drug-likeness (QED) is 0.572. The molecule has 0 aromatic heterocycles. The van der Waals surface area contributed by atoms with Gasteiger partial charge in [-0.15, -0.1) is 0 Å². The Balaban J connectivity index is 1.54. The number of hydrogen-bond donors (Lipinski definition) is 2. The molecule has 0 spiro atoms. The Kier molecular flexibility index (Phi) is 8.71. The van der Waals surface area contributed by atoms with Crippen molar-refractivity contribution in [3.63, 3.8) is 0 Å². The first-order valence-electron chi connectivity index (χ1n) is 11.8. The molecule has 2 N–H and O–H groups in total. The van der Waals surface area contributed by atoms with Crippen LogP contribution in [0.2, 0.25) is 0 Å². The fourth-order valence-electron chi connectivity index (χ4n) is 4.44.